The highest BCUT2D eigenvalue weighted by Crippen LogP contribution is 2.14. The van der Waals surface area contributed by atoms with Crippen molar-refractivity contribution in [1.29, 1.82) is 0 Å². The molecule has 6 nitrogen and oxygen atoms in total. The summed E-state index contributed by atoms with van der Waals surface area (Å²) < 4.78 is 0. The highest BCUT2D eigenvalue weighted by atomic mass is 16.4. The van der Waals surface area contributed by atoms with Crippen molar-refractivity contribution in [2.75, 3.05) is 13.1 Å². The Morgan fingerprint density at radius 3 is 1.37 bits per heavy atom. The van der Waals surface area contributed by atoms with Crippen molar-refractivity contribution in [3.8, 4) is 0 Å². The van der Waals surface area contributed by atoms with Crippen LogP contribution in [0.1, 0.15) is 42.5 Å². The average Bonchev–Trinajstić information content (AvgIpc) is 2.67. The Kier molecular flexibility index (Phi) is 8.48. The maximum Gasteiger partial charge on any atom is 0.325 e. The molecule has 0 bridgehead atoms. The van der Waals surface area contributed by atoms with Gasteiger partial charge in [-0.25, -0.2) is 0 Å². The van der Waals surface area contributed by atoms with Gasteiger partial charge in [-0.1, -0.05) is 67.1 Å². The van der Waals surface area contributed by atoms with Crippen molar-refractivity contribution >= 4 is 11.9 Å². The fraction of sp³-hybridized carbons (Fsp3) is 0.333. The van der Waals surface area contributed by atoms with Crippen LogP contribution in [0.15, 0.2) is 60.7 Å². The lowest BCUT2D eigenvalue weighted by molar-refractivity contribution is -0.140. The van der Waals surface area contributed by atoms with E-state index in [1.54, 1.807) is 24.3 Å². The number of hydrogen-bond acceptors (Lipinski definition) is 4. The second-order valence-electron chi connectivity index (χ2n) is 6.33. The molecule has 0 radical (unpaired) electrons. The number of benzene rings is 2. The topological polar surface area (TPSA) is 98.7 Å². The Labute approximate surface area is 159 Å². The van der Waals surface area contributed by atoms with Crippen LogP contribution in [-0.4, -0.2) is 35.2 Å². The summed E-state index contributed by atoms with van der Waals surface area (Å²) in [5, 5.41) is 24.9. The van der Waals surface area contributed by atoms with E-state index in [4.69, 9.17) is 0 Å². The molecule has 2 atom stereocenters. The lowest BCUT2D eigenvalue weighted by atomic mass is 10.1. The number of carbonyl (C=O) groups is 2. The SMILES string of the molecule is O=C(O)[C@@H](NCCCCCN[C@H](C(=O)O)c1ccccc1)c1ccccc1. The molecule has 0 aliphatic rings. The highest BCUT2D eigenvalue weighted by molar-refractivity contribution is 5.76. The minimum atomic E-state index is -0.893. The predicted molar refractivity (Wildman–Crippen MR) is 103 cm³/mol. The van der Waals surface area contributed by atoms with Crippen LogP contribution >= 0.6 is 0 Å². The first kappa shape index (κ1) is 20.6. The molecule has 0 aliphatic heterocycles. The van der Waals surface area contributed by atoms with Gasteiger partial charge in [0.15, 0.2) is 0 Å². The number of nitrogens with one attached hydrogen (secondary N) is 2. The molecule has 0 saturated carbocycles. The minimum absolute atomic E-state index is 0.590. The van der Waals surface area contributed by atoms with Gasteiger partial charge in [0.25, 0.3) is 0 Å². The summed E-state index contributed by atoms with van der Waals surface area (Å²) in [5.41, 5.74) is 1.47. The first-order valence-corrected chi connectivity index (χ1v) is 9.12. The van der Waals surface area contributed by atoms with E-state index in [0.717, 1.165) is 30.4 Å². The van der Waals surface area contributed by atoms with E-state index in [-0.39, 0.29) is 0 Å². The maximum atomic E-state index is 11.4. The lowest BCUT2D eigenvalue weighted by Gasteiger charge is -2.16. The standard InChI is InChI=1S/C21H26N2O4/c24-20(25)18(16-10-4-1-5-11-16)22-14-8-3-9-15-23-19(21(26)27)17-12-6-2-7-13-17/h1-2,4-7,10-13,18-19,22-23H,3,8-9,14-15H2,(H,24,25)(H,26,27)/t18-,19-/m0/s1. The first-order valence-electron chi connectivity index (χ1n) is 9.12. The summed E-state index contributed by atoms with van der Waals surface area (Å²) in [7, 11) is 0. The molecule has 2 aromatic carbocycles. The molecule has 0 fully saturated rings. The van der Waals surface area contributed by atoms with Gasteiger partial charge in [0.1, 0.15) is 12.1 Å². The summed E-state index contributed by atoms with van der Waals surface area (Å²) in [6.07, 6.45) is 2.52. The van der Waals surface area contributed by atoms with E-state index in [1.165, 1.54) is 0 Å². The third-order valence-corrected chi connectivity index (χ3v) is 4.31. The van der Waals surface area contributed by atoms with Crippen LogP contribution in [-0.2, 0) is 9.59 Å². The third-order valence-electron chi connectivity index (χ3n) is 4.31. The molecule has 0 heterocycles. The van der Waals surface area contributed by atoms with Crippen LogP contribution in [0.4, 0.5) is 0 Å². The molecular formula is C21H26N2O4. The zero-order valence-corrected chi connectivity index (χ0v) is 15.2. The summed E-state index contributed by atoms with van der Waals surface area (Å²) in [6.45, 7) is 1.18. The zero-order chi connectivity index (χ0) is 19.5. The van der Waals surface area contributed by atoms with Crippen molar-refractivity contribution in [3.63, 3.8) is 0 Å². The van der Waals surface area contributed by atoms with Gasteiger partial charge < -0.3 is 20.8 Å². The van der Waals surface area contributed by atoms with Crippen LogP contribution in [0, 0.1) is 0 Å². The quantitative estimate of drug-likeness (QED) is 0.429. The van der Waals surface area contributed by atoms with Crippen LogP contribution in [0.3, 0.4) is 0 Å². The van der Waals surface area contributed by atoms with E-state index in [9.17, 15) is 19.8 Å². The molecule has 2 rings (SSSR count). The zero-order valence-electron chi connectivity index (χ0n) is 15.2. The van der Waals surface area contributed by atoms with Gasteiger partial charge in [-0.2, -0.15) is 0 Å². The number of carboxylic acid groups (broad SMARTS) is 2. The van der Waals surface area contributed by atoms with Gasteiger partial charge in [0.05, 0.1) is 0 Å². The molecule has 4 N–H and O–H groups in total. The van der Waals surface area contributed by atoms with Gasteiger partial charge in [0, 0.05) is 0 Å². The highest BCUT2D eigenvalue weighted by Gasteiger charge is 2.19. The molecule has 27 heavy (non-hydrogen) atoms. The predicted octanol–water partition coefficient (Wildman–Crippen LogP) is 2.99. The second kappa shape index (κ2) is 11.1. The molecule has 0 saturated heterocycles. The van der Waals surface area contributed by atoms with Gasteiger partial charge in [-0.05, 0) is 37.1 Å². The normalized spacial score (nSPS) is 13.0. The lowest BCUT2D eigenvalue weighted by Crippen LogP contribution is -2.30. The fourth-order valence-electron chi connectivity index (χ4n) is 2.91. The summed E-state index contributed by atoms with van der Waals surface area (Å²) in [6, 6.07) is 16.8. The summed E-state index contributed by atoms with van der Waals surface area (Å²) in [5.74, 6) is -1.79. The number of carboxylic acids is 2. The van der Waals surface area contributed by atoms with E-state index >= 15 is 0 Å². The number of rotatable bonds is 12. The van der Waals surface area contributed by atoms with Crippen molar-refractivity contribution in [2.24, 2.45) is 0 Å². The van der Waals surface area contributed by atoms with Crippen molar-refractivity contribution in [2.45, 2.75) is 31.3 Å². The maximum absolute atomic E-state index is 11.4. The number of aliphatic carboxylic acids is 2. The van der Waals surface area contributed by atoms with Crippen molar-refractivity contribution in [3.05, 3.63) is 71.8 Å². The van der Waals surface area contributed by atoms with Gasteiger partial charge in [-0.15, -0.1) is 0 Å². The van der Waals surface area contributed by atoms with Gasteiger partial charge >= 0.3 is 11.9 Å². The van der Waals surface area contributed by atoms with Crippen molar-refractivity contribution < 1.29 is 19.8 Å². The Hall–Kier alpha value is -2.70. The summed E-state index contributed by atoms with van der Waals surface area (Å²) >= 11 is 0. The van der Waals surface area contributed by atoms with Gasteiger partial charge in [-0.3, -0.25) is 9.59 Å². The van der Waals surface area contributed by atoms with Gasteiger partial charge in [0.2, 0.25) is 0 Å². The smallest absolute Gasteiger partial charge is 0.325 e. The molecule has 0 aromatic heterocycles. The molecule has 2 aromatic rings. The molecular weight excluding hydrogens is 344 g/mol. The molecule has 0 amide bonds. The number of unbranched alkanes of at least 4 members (excludes halogenated alkanes) is 2. The largest absolute Gasteiger partial charge is 0.480 e. The van der Waals surface area contributed by atoms with Crippen molar-refractivity contribution in [1.82, 2.24) is 10.6 Å². The second-order valence-corrected chi connectivity index (χ2v) is 6.33. The Morgan fingerprint density at radius 2 is 1.04 bits per heavy atom. The molecule has 0 aliphatic carbocycles. The van der Waals surface area contributed by atoms with E-state index < -0.39 is 24.0 Å². The van der Waals surface area contributed by atoms with E-state index in [2.05, 4.69) is 10.6 Å². The molecule has 0 spiro atoms. The Morgan fingerprint density at radius 1 is 0.667 bits per heavy atom. The third kappa shape index (κ3) is 6.84. The molecule has 0 unspecified atom stereocenters. The minimum Gasteiger partial charge on any atom is -0.480 e. The first-order chi connectivity index (χ1) is 13.1. The monoisotopic (exact) mass is 370 g/mol. The molecule has 144 valence electrons. The van der Waals surface area contributed by atoms with Crippen LogP contribution in [0.25, 0.3) is 0 Å². The van der Waals surface area contributed by atoms with Crippen LogP contribution in [0.5, 0.6) is 0 Å². The van der Waals surface area contributed by atoms with E-state index in [0.29, 0.717) is 13.1 Å². The average molecular weight is 370 g/mol. The summed E-state index contributed by atoms with van der Waals surface area (Å²) in [4.78, 5) is 22.8. The Balaban J connectivity index is 1.68. The fourth-order valence-corrected chi connectivity index (χ4v) is 2.91. The Bertz CT molecular complexity index is 645. The van der Waals surface area contributed by atoms with E-state index in [1.807, 2.05) is 36.4 Å². The molecule has 6 heteroatoms. The number of hydrogen-bond donors (Lipinski definition) is 4. The van der Waals surface area contributed by atoms with Crippen LogP contribution in [0.2, 0.25) is 0 Å². The van der Waals surface area contributed by atoms with Crippen LogP contribution < -0.4 is 10.6 Å².